The zero-order valence-corrected chi connectivity index (χ0v) is 13.5. The second-order valence-electron chi connectivity index (χ2n) is 6.05. The van der Waals surface area contributed by atoms with Crippen molar-refractivity contribution in [3.8, 4) is 5.88 Å². The lowest BCUT2D eigenvalue weighted by atomic mass is 10.3. The molecule has 1 fully saturated rings. The molecule has 0 saturated heterocycles. The molecule has 2 N–H and O–H groups in total. The molecule has 1 aromatic rings. The number of anilines is 2. The normalized spacial score (nSPS) is 14.5. The van der Waals surface area contributed by atoms with E-state index in [0.717, 1.165) is 38.5 Å². The zero-order valence-electron chi connectivity index (χ0n) is 13.5. The highest BCUT2D eigenvalue weighted by molar-refractivity contribution is 5.54. The van der Waals surface area contributed by atoms with E-state index in [4.69, 9.17) is 10.5 Å². The molecular formula is C16H28N4O. The fourth-order valence-electron chi connectivity index (χ4n) is 2.23. The molecule has 118 valence electrons. The molecule has 1 aromatic heterocycles. The number of aromatic nitrogens is 1. The maximum atomic E-state index is 5.96. The number of nitrogens with two attached hydrogens (primary N) is 1. The van der Waals surface area contributed by atoms with Gasteiger partial charge < -0.3 is 20.3 Å². The van der Waals surface area contributed by atoms with Gasteiger partial charge in [0, 0.05) is 13.1 Å². The Morgan fingerprint density at radius 3 is 2.67 bits per heavy atom. The van der Waals surface area contributed by atoms with Gasteiger partial charge in [-0.15, -0.1) is 0 Å². The SMILES string of the molecule is CCN(CCCN(C)C)c1ccc(N)c(OCC2CC2)n1. The number of hydrogen-bond acceptors (Lipinski definition) is 5. The van der Waals surface area contributed by atoms with Gasteiger partial charge in [0.05, 0.1) is 12.3 Å². The molecule has 5 nitrogen and oxygen atoms in total. The van der Waals surface area contributed by atoms with Gasteiger partial charge in [0.15, 0.2) is 0 Å². The lowest BCUT2D eigenvalue weighted by Crippen LogP contribution is -2.27. The highest BCUT2D eigenvalue weighted by Crippen LogP contribution is 2.31. The second kappa shape index (κ2) is 7.50. The summed E-state index contributed by atoms with van der Waals surface area (Å²) in [5, 5.41) is 0. The van der Waals surface area contributed by atoms with Crippen LogP contribution in [0.2, 0.25) is 0 Å². The second-order valence-corrected chi connectivity index (χ2v) is 6.05. The van der Waals surface area contributed by atoms with Crippen LogP contribution in [-0.4, -0.2) is 50.2 Å². The van der Waals surface area contributed by atoms with Crippen molar-refractivity contribution in [1.82, 2.24) is 9.88 Å². The van der Waals surface area contributed by atoms with Gasteiger partial charge in [-0.25, -0.2) is 0 Å². The molecule has 21 heavy (non-hydrogen) atoms. The highest BCUT2D eigenvalue weighted by Gasteiger charge is 2.22. The van der Waals surface area contributed by atoms with Crippen molar-refractivity contribution in [2.24, 2.45) is 5.92 Å². The van der Waals surface area contributed by atoms with Gasteiger partial charge in [-0.2, -0.15) is 4.98 Å². The van der Waals surface area contributed by atoms with Crippen molar-refractivity contribution in [2.75, 3.05) is 51.0 Å². The summed E-state index contributed by atoms with van der Waals surface area (Å²) < 4.78 is 5.77. The highest BCUT2D eigenvalue weighted by atomic mass is 16.5. The lowest BCUT2D eigenvalue weighted by molar-refractivity contribution is 0.290. The summed E-state index contributed by atoms with van der Waals surface area (Å²) >= 11 is 0. The van der Waals surface area contributed by atoms with Crippen LogP contribution >= 0.6 is 0 Å². The van der Waals surface area contributed by atoms with E-state index in [2.05, 4.69) is 35.8 Å². The summed E-state index contributed by atoms with van der Waals surface area (Å²) in [6.07, 6.45) is 3.65. The molecule has 0 amide bonds. The topological polar surface area (TPSA) is 54.6 Å². The van der Waals surface area contributed by atoms with Gasteiger partial charge in [0.1, 0.15) is 5.82 Å². The lowest BCUT2D eigenvalue weighted by Gasteiger charge is -2.23. The molecule has 0 bridgehead atoms. The predicted molar refractivity (Wildman–Crippen MR) is 87.9 cm³/mol. The van der Waals surface area contributed by atoms with E-state index in [-0.39, 0.29) is 0 Å². The molecule has 1 heterocycles. The van der Waals surface area contributed by atoms with Gasteiger partial charge in [-0.3, -0.25) is 0 Å². The van der Waals surface area contributed by atoms with Crippen molar-refractivity contribution < 1.29 is 4.74 Å². The minimum absolute atomic E-state index is 0.588. The monoisotopic (exact) mass is 292 g/mol. The first-order valence-corrected chi connectivity index (χ1v) is 7.89. The van der Waals surface area contributed by atoms with Crippen LogP contribution in [0.25, 0.3) is 0 Å². The van der Waals surface area contributed by atoms with E-state index in [9.17, 15) is 0 Å². The Morgan fingerprint density at radius 2 is 2.05 bits per heavy atom. The quantitative estimate of drug-likeness (QED) is 0.756. The molecule has 1 aliphatic carbocycles. The van der Waals surface area contributed by atoms with E-state index in [1.165, 1.54) is 12.8 Å². The molecule has 2 rings (SSSR count). The van der Waals surface area contributed by atoms with Gasteiger partial charge in [-0.05, 0) is 64.9 Å². The van der Waals surface area contributed by atoms with E-state index >= 15 is 0 Å². The third kappa shape index (κ3) is 5.08. The van der Waals surface area contributed by atoms with Gasteiger partial charge >= 0.3 is 0 Å². The first-order valence-electron chi connectivity index (χ1n) is 7.89. The predicted octanol–water partition coefficient (Wildman–Crippen LogP) is 2.23. The number of hydrogen-bond donors (Lipinski definition) is 1. The summed E-state index contributed by atoms with van der Waals surface area (Å²) in [4.78, 5) is 9.08. The van der Waals surface area contributed by atoms with Crippen molar-refractivity contribution in [1.29, 1.82) is 0 Å². The van der Waals surface area contributed by atoms with Crippen molar-refractivity contribution in [2.45, 2.75) is 26.2 Å². The molecule has 0 spiro atoms. The maximum Gasteiger partial charge on any atom is 0.239 e. The van der Waals surface area contributed by atoms with Crippen molar-refractivity contribution >= 4 is 11.5 Å². The molecular weight excluding hydrogens is 264 g/mol. The minimum Gasteiger partial charge on any atom is -0.476 e. The average molecular weight is 292 g/mol. The number of rotatable bonds is 9. The smallest absolute Gasteiger partial charge is 0.239 e. The van der Waals surface area contributed by atoms with Crippen molar-refractivity contribution in [3.05, 3.63) is 12.1 Å². The Kier molecular flexibility index (Phi) is 5.67. The summed E-state index contributed by atoms with van der Waals surface area (Å²) in [7, 11) is 4.20. The van der Waals surface area contributed by atoms with Crippen molar-refractivity contribution in [3.63, 3.8) is 0 Å². The Labute approximate surface area is 128 Å². The Morgan fingerprint density at radius 1 is 1.29 bits per heavy atom. The van der Waals surface area contributed by atoms with Gasteiger partial charge in [0.2, 0.25) is 5.88 Å². The number of nitrogen functional groups attached to an aromatic ring is 1. The summed E-state index contributed by atoms with van der Waals surface area (Å²) in [5.74, 6) is 2.25. The first kappa shape index (κ1) is 15.9. The van der Waals surface area contributed by atoms with Crippen LogP contribution in [0.1, 0.15) is 26.2 Å². The first-order chi connectivity index (χ1) is 10.1. The Balaban J connectivity index is 1.96. The Bertz CT molecular complexity index is 446. The molecule has 0 aromatic carbocycles. The van der Waals surface area contributed by atoms with Crippen LogP contribution in [0.4, 0.5) is 11.5 Å². The fourth-order valence-corrected chi connectivity index (χ4v) is 2.23. The molecule has 0 aliphatic heterocycles. The van der Waals surface area contributed by atoms with Gasteiger partial charge in [0.25, 0.3) is 0 Å². The summed E-state index contributed by atoms with van der Waals surface area (Å²) in [5.41, 5.74) is 6.59. The number of pyridine rings is 1. The maximum absolute atomic E-state index is 5.96. The molecule has 1 saturated carbocycles. The van der Waals surface area contributed by atoms with Crippen LogP contribution in [0.3, 0.4) is 0 Å². The molecule has 0 radical (unpaired) electrons. The van der Waals surface area contributed by atoms with Crippen LogP contribution in [0.5, 0.6) is 5.88 Å². The largest absolute Gasteiger partial charge is 0.476 e. The van der Waals surface area contributed by atoms with Crippen LogP contribution in [0.15, 0.2) is 12.1 Å². The van der Waals surface area contributed by atoms with Crippen LogP contribution in [-0.2, 0) is 0 Å². The standard InChI is InChI=1S/C16H28N4O/c1-4-20(11-5-10-19(2)3)15-9-8-14(17)16(18-15)21-12-13-6-7-13/h8-9,13H,4-7,10-12,17H2,1-3H3. The van der Waals surface area contributed by atoms with Crippen LogP contribution in [0, 0.1) is 5.92 Å². The average Bonchev–Trinajstić information content (AvgIpc) is 3.27. The third-order valence-electron chi connectivity index (χ3n) is 3.77. The van der Waals surface area contributed by atoms with E-state index in [0.29, 0.717) is 17.5 Å². The fraction of sp³-hybridized carbons (Fsp3) is 0.688. The number of ether oxygens (including phenoxy) is 1. The third-order valence-corrected chi connectivity index (χ3v) is 3.77. The summed E-state index contributed by atoms with van der Waals surface area (Å²) in [6.45, 7) is 5.91. The number of nitrogens with zero attached hydrogens (tertiary/aromatic N) is 3. The van der Waals surface area contributed by atoms with E-state index in [1.807, 2.05) is 12.1 Å². The zero-order chi connectivity index (χ0) is 15.2. The minimum atomic E-state index is 0.588. The van der Waals surface area contributed by atoms with E-state index < -0.39 is 0 Å². The van der Waals surface area contributed by atoms with Gasteiger partial charge in [-0.1, -0.05) is 0 Å². The summed E-state index contributed by atoms with van der Waals surface area (Å²) in [6, 6.07) is 3.89. The molecule has 5 heteroatoms. The Hall–Kier alpha value is -1.49. The molecule has 0 unspecified atom stereocenters. The van der Waals surface area contributed by atoms with E-state index in [1.54, 1.807) is 0 Å². The molecule has 1 aliphatic rings. The van der Waals surface area contributed by atoms with Crippen LogP contribution < -0.4 is 15.4 Å². The molecule has 0 atom stereocenters.